The standard InChI is InChI=1S/C17H13BrN2O2.ClH/c18-13-6-7-14-15(10-13)20-16(19-14)9-12-3-1-11(2-4-12)5-8-17(21)22;/h1-8,10H,9H2,(H,19,20)(H,21,22);1H/b8-5+;. The number of aromatic nitrogens is 2. The first-order valence-electron chi connectivity index (χ1n) is 6.74. The molecule has 0 saturated heterocycles. The Bertz CT molecular complexity index is 857. The molecule has 0 amide bonds. The van der Waals surface area contributed by atoms with Crippen molar-refractivity contribution in [3.8, 4) is 0 Å². The van der Waals surface area contributed by atoms with Crippen LogP contribution in [-0.2, 0) is 11.2 Å². The lowest BCUT2D eigenvalue weighted by Gasteiger charge is -1.99. The summed E-state index contributed by atoms with van der Waals surface area (Å²) in [6, 6.07) is 13.7. The summed E-state index contributed by atoms with van der Waals surface area (Å²) in [5.74, 6) is -0.0422. The number of imidazole rings is 1. The van der Waals surface area contributed by atoms with E-state index in [-0.39, 0.29) is 12.4 Å². The van der Waals surface area contributed by atoms with Crippen LogP contribution < -0.4 is 0 Å². The molecule has 0 radical (unpaired) electrons. The van der Waals surface area contributed by atoms with E-state index < -0.39 is 5.97 Å². The van der Waals surface area contributed by atoms with Crippen LogP contribution in [0.25, 0.3) is 17.1 Å². The second-order valence-corrected chi connectivity index (χ2v) is 5.85. The molecule has 0 bridgehead atoms. The molecule has 0 fully saturated rings. The molecular weight excluding hydrogens is 380 g/mol. The van der Waals surface area contributed by atoms with Gasteiger partial charge in [-0.05, 0) is 35.4 Å². The van der Waals surface area contributed by atoms with Crippen LogP contribution in [0.3, 0.4) is 0 Å². The Morgan fingerprint density at radius 2 is 1.96 bits per heavy atom. The van der Waals surface area contributed by atoms with Crippen LogP contribution in [0.15, 0.2) is 53.0 Å². The number of aromatic amines is 1. The van der Waals surface area contributed by atoms with E-state index in [0.717, 1.165) is 38.5 Å². The number of benzene rings is 2. The number of nitrogens with one attached hydrogen (secondary N) is 1. The number of H-pyrrole nitrogens is 1. The SMILES string of the molecule is Cl.O=C(O)/C=C/c1ccc(Cc2nc3ccc(Br)cc3[nH]2)cc1. The van der Waals surface area contributed by atoms with Crippen molar-refractivity contribution in [2.45, 2.75) is 6.42 Å². The average Bonchev–Trinajstić information content (AvgIpc) is 2.87. The molecule has 3 rings (SSSR count). The largest absolute Gasteiger partial charge is 0.478 e. The Morgan fingerprint density at radius 1 is 1.22 bits per heavy atom. The van der Waals surface area contributed by atoms with E-state index in [1.807, 2.05) is 42.5 Å². The van der Waals surface area contributed by atoms with Gasteiger partial charge in [-0.15, -0.1) is 12.4 Å². The third kappa shape index (κ3) is 4.43. The summed E-state index contributed by atoms with van der Waals surface area (Å²) in [5, 5.41) is 8.61. The zero-order chi connectivity index (χ0) is 15.5. The summed E-state index contributed by atoms with van der Waals surface area (Å²) in [5.41, 5.74) is 3.93. The van der Waals surface area contributed by atoms with Gasteiger partial charge in [0.1, 0.15) is 5.82 Å². The number of hydrogen-bond donors (Lipinski definition) is 2. The average molecular weight is 394 g/mol. The Kier molecular flexibility index (Phi) is 5.58. The number of aliphatic carboxylic acids is 1. The van der Waals surface area contributed by atoms with Crippen LogP contribution in [-0.4, -0.2) is 21.0 Å². The zero-order valence-corrected chi connectivity index (χ0v) is 14.4. The van der Waals surface area contributed by atoms with Crippen LogP contribution >= 0.6 is 28.3 Å². The lowest BCUT2D eigenvalue weighted by Crippen LogP contribution is -1.91. The summed E-state index contributed by atoms with van der Waals surface area (Å²) >= 11 is 3.45. The molecule has 3 aromatic rings. The number of nitrogens with zero attached hydrogens (tertiary/aromatic N) is 1. The summed E-state index contributed by atoms with van der Waals surface area (Å²) in [4.78, 5) is 18.4. The fourth-order valence-corrected chi connectivity index (χ4v) is 2.59. The van der Waals surface area contributed by atoms with Crippen molar-refractivity contribution in [1.29, 1.82) is 0 Å². The van der Waals surface area contributed by atoms with Gasteiger partial charge in [0.05, 0.1) is 11.0 Å². The molecule has 0 aliphatic heterocycles. The fraction of sp³-hybridized carbons (Fsp3) is 0.0588. The third-order valence-corrected chi connectivity index (χ3v) is 3.76. The number of carbonyl (C=O) groups is 1. The van der Waals surface area contributed by atoms with Crippen molar-refractivity contribution < 1.29 is 9.90 Å². The molecular formula is C17H14BrClN2O2. The minimum absolute atomic E-state index is 0. The molecule has 118 valence electrons. The maximum absolute atomic E-state index is 10.5. The first-order valence-corrected chi connectivity index (χ1v) is 7.53. The first-order chi connectivity index (χ1) is 10.6. The highest BCUT2D eigenvalue weighted by atomic mass is 79.9. The van der Waals surface area contributed by atoms with Crippen LogP contribution in [0, 0.1) is 0 Å². The second-order valence-electron chi connectivity index (χ2n) is 4.93. The predicted molar refractivity (Wildman–Crippen MR) is 97.0 cm³/mol. The monoisotopic (exact) mass is 392 g/mol. The fourth-order valence-electron chi connectivity index (χ4n) is 2.23. The van der Waals surface area contributed by atoms with E-state index in [9.17, 15) is 4.79 Å². The van der Waals surface area contributed by atoms with Crippen molar-refractivity contribution in [2.24, 2.45) is 0 Å². The smallest absolute Gasteiger partial charge is 0.328 e. The van der Waals surface area contributed by atoms with Crippen LogP contribution in [0.4, 0.5) is 0 Å². The Hall–Kier alpha value is -2.11. The van der Waals surface area contributed by atoms with Gasteiger partial charge in [-0.1, -0.05) is 40.2 Å². The molecule has 1 aromatic heterocycles. The number of rotatable bonds is 4. The predicted octanol–water partition coefficient (Wildman–Crippen LogP) is 4.44. The van der Waals surface area contributed by atoms with Crippen molar-refractivity contribution in [3.05, 3.63) is 70.0 Å². The maximum atomic E-state index is 10.5. The second kappa shape index (κ2) is 7.44. The van der Waals surface area contributed by atoms with Gasteiger partial charge in [0.2, 0.25) is 0 Å². The number of hydrogen-bond acceptors (Lipinski definition) is 2. The molecule has 23 heavy (non-hydrogen) atoms. The molecule has 0 saturated carbocycles. The van der Waals surface area contributed by atoms with Gasteiger partial charge < -0.3 is 10.1 Å². The van der Waals surface area contributed by atoms with E-state index in [2.05, 4.69) is 25.9 Å². The molecule has 0 aliphatic rings. The van der Waals surface area contributed by atoms with Gasteiger partial charge in [0.25, 0.3) is 0 Å². The van der Waals surface area contributed by atoms with Crippen molar-refractivity contribution in [2.75, 3.05) is 0 Å². The van der Waals surface area contributed by atoms with Crippen molar-refractivity contribution in [1.82, 2.24) is 9.97 Å². The lowest BCUT2D eigenvalue weighted by atomic mass is 10.1. The molecule has 0 atom stereocenters. The van der Waals surface area contributed by atoms with Gasteiger partial charge in [0.15, 0.2) is 0 Å². The topological polar surface area (TPSA) is 66.0 Å². The van der Waals surface area contributed by atoms with Crippen LogP contribution in [0.2, 0.25) is 0 Å². The normalized spacial score (nSPS) is 10.8. The quantitative estimate of drug-likeness (QED) is 0.644. The molecule has 2 N–H and O–H groups in total. The summed E-state index contributed by atoms with van der Waals surface area (Å²) < 4.78 is 1.02. The van der Waals surface area contributed by atoms with Gasteiger partial charge in [-0.25, -0.2) is 9.78 Å². The van der Waals surface area contributed by atoms with E-state index in [4.69, 9.17) is 5.11 Å². The Balaban J connectivity index is 0.00000192. The lowest BCUT2D eigenvalue weighted by molar-refractivity contribution is -0.131. The molecule has 1 heterocycles. The summed E-state index contributed by atoms with van der Waals surface area (Å²) in [7, 11) is 0. The van der Waals surface area contributed by atoms with Gasteiger partial charge in [-0.3, -0.25) is 0 Å². The number of halogens is 2. The Labute approximate surface area is 147 Å². The number of carboxylic acid groups (broad SMARTS) is 1. The highest BCUT2D eigenvalue weighted by Crippen LogP contribution is 2.19. The number of carboxylic acids is 1. The van der Waals surface area contributed by atoms with Gasteiger partial charge in [-0.2, -0.15) is 0 Å². The van der Waals surface area contributed by atoms with E-state index in [0.29, 0.717) is 6.42 Å². The van der Waals surface area contributed by atoms with E-state index in [1.54, 1.807) is 6.08 Å². The van der Waals surface area contributed by atoms with E-state index in [1.165, 1.54) is 0 Å². The minimum atomic E-state index is -0.947. The number of fused-ring (bicyclic) bond motifs is 1. The summed E-state index contributed by atoms with van der Waals surface area (Å²) in [6.07, 6.45) is 3.41. The minimum Gasteiger partial charge on any atom is -0.478 e. The van der Waals surface area contributed by atoms with Crippen LogP contribution in [0.5, 0.6) is 0 Å². The molecule has 0 spiro atoms. The Morgan fingerprint density at radius 3 is 2.65 bits per heavy atom. The first kappa shape index (κ1) is 17.2. The highest BCUT2D eigenvalue weighted by Gasteiger charge is 2.04. The van der Waals surface area contributed by atoms with Crippen molar-refractivity contribution in [3.63, 3.8) is 0 Å². The molecule has 0 aliphatic carbocycles. The van der Waals surface area contributed by atoms with Crippen molar-refractivity contribution >= 4 is 51.4 Å². The van der Waals surface area contributed by atoms with Crippen LogP contribution in [0.1, 0.15) is 17.0 Å². The molecule has 2 aromatic carbocycles. The van der Waals surface area contributed by atoms with E-state index >= 15 is 0 Å². The van der Waals surface area contributed by atoms with Gasteiger partial charge in [0, 0.05) is 17.0 Å². The third-order valence-electron chi connectivity index (χ3n) is 3.26. The molecule has 4 nitrogen and oxygen atoms in total. The zero-order valence-electron chi connectivity index (χ0n) is 12.0. The summed E-state index contributed by atoms with van der Waals surface area (Å²) in [6.45, 7) is 0. The molecule has 0 unspecified atom stereocenters. The van der Waals surface area contributed by atoms with Gasteiger partial charge >= 0.3 is 5.97 Å². The highest BCUT2D eigenvalue weighted by molar-refractivity contribution is 9.10. The maximum Gasteiger partial charge on any atom is 0.328 e. The molecule has 6 heteroatoms.